The number of para-hydroxylation sites is 1. The van der Waals surface area contributed by atoms with Gasteiger partial charge in [0.05, 0.1) is 22.6 Å². The highest BCUT2D eigenvalue weighted by atomic mass is 32.2. The zero-order chi connectivity index (χ0) is 18.1. The van der Waals surface area contributed by atoms with Crippen molar-refractivity contribution in [1.82, 2.24) is 5.32 Å². The first-order valence-electron chi connectivity index (χ1n) is 7.87. The van der Waals surface area contributed by atoms with Gasteiger partial charge in [0.25, 0.3) is 5.91 Å². The summed E-state index contributed by atoms with van der Waals surface area (Å²) in [6, 6.07) is 7.29. The van der Waals surface area contributed by atoms with Gasteiger partial charge >= 0.3 is 5.97 Å². The molecule has 1 amide bonds. The third-order valence-electron chi connectivity index (χ3n) is 4.17. The van der Waals surface area contributed by atoms with Crippen LogP contribution in [0.4, 0.5) is 0 Å². The van der Waals surface area contributed by atoms with Crippen molar-refractivity contribution in [3.05, 3.63) is 35.4 Å². The van der Waals surface area contributed by atoms with Crippen LogP contribution < -0.4 is 10.1 Å². The Kier molecular flexibility index (Phi) is 4.55. The van der Waals surface area contributed by atoms with E-state index < -0.39 is 33.9 Å². The molecule has 1 atom stereocenters. The zero-order valence-electron chi connectivity index (χ0n) is 13.8. The van der Waals surface area contributed by atoms with Crippen molar-refractivity contribution >= 4 is 27.8 Å². The van der Waals surface area contributed by atoms with Crippen molar-refractivity contribution in [2.45, 2.75) is 18.9 Å². The second kappa shape index (κ2) is 6.51. The van der Waals surface area contributed by atoms with Gasteiger partial charge in [-0.25, -0.2) is 13.2 Å². The van der Waals surface area contributed by atoms with Gasteiger partial charge in [0.1, 0.15) is 12.4 Å². The molecule has 3 rings (SSSR count). The van der Waals surface area contributed by atoms with E-state index in [2.05, 4.69) is 5.32 Å². The Bertz CT molecular complexity index is 844. The summed E-state index contributed by atoms with van der Waals surface area (Å²) in [5.41, 5.74) is 0.282. The molecular formula is C17H19NO6S. The lowest BCUT2D eigenvalue weighted by Crippen LogP contribution is -2.48. The molecule has 1 N–H and O–H groups in total. The minimum absolute atomic E-state index is 0.0488. The van der Waals surface area contributed by atoms with Gasteiger partial charge in [0.2, 0.25) is 0 Å². The van der Waals surface area contributed by atoms with Crippen LogP contribution in [0.5, 0.6) is 5.75 Å². The van der Waals surface area contributed by atoms with Crippen LogP contribution in [-0.4, -0.2) is 50.6 Å². The molecule has 0 bridgehead atoms. The van der Waals surface area contributed by atoms with E-state index in [0.29, 0.717) is 17.7 Å². The van der Waals surface area contributed by atoms with Crippen LogP contribution in [0.3, 0.4) is 0 Å². The van der Waals surface area contributed by atoms with Crippen molar-refractivity contribution in [2.24, 2.45) is 0 Å². The van der Waals surface area contributed by atoms with Crippen molar-refractivity contribution in [2.75, 3.05) is 24.7 Å². The lowest BCUT2D eigenvalue weighted by Gasteiger charge is -2.23. The van der Waals surface area contributed by atoms with E-state index in [9.17, 15) is 18.0 Å². The maximum Gasteiger partial charge on any atom is 0.338 e. The van der Waals surface area contributed by atoms with Crippen LogP contribution >= 0.6 is 0 Å². The number of rotatable bonds is 4. The fourth-order valence-electron chi connectivity index (χ4n) is 2.94. The first-order chi connectivity index (χ1) is 11.8. The maximum atomic E-state index is 12.1. The number of nitrogens with one attached hydrogen (secondary N) is 1. The Morgan fingerprint density at radius 3 is 2.80 bits per heavy atom. The molecule has 0 aliphatic carbocycles. The third-order valence-corrected chi connectivity index (χ3v) is 6.08. The first-order valence-corrected chi connectivity index (χ1v) is 9.69. The SMILES string of the molecule is C[C@@]1(NC(=O)COC(=O)C2=Cc3ccccc3OC2)CCS(=O)(=O)C1. The fraction of sp³-hybridized carbons (Fsp3) is 0.412. The molecule has 25 heavy (non-hydrogen) atoms. The van der Waals surface area contributed by atoms with E-state index in [1.54, 1.807) is 19.1 Å². The summed E-state index contributed by atoms with van der Waals surface area (Å²) in [6.45, 7) is 1.28. The summed E-state index contributed by atoms with van der Waals surface area (Å²) in [7, 11) is -3.12. The highest BCUT2D eigenvalue weighted by molar-refractivity contribution is 7.91. The molecule has 2 aliphatic heterocycles. The van der Waals surface area contributed by atoms with E-state index in [-0.39, 0.29) is 18.1 Å². The van der Waals surface area contributed by atoms with Crippen molar-refractivity contribution in [3.8, 4) is 5.75 Å². The van der Waals surface area contributed by atoms with E-state index >= 15 is 0 Å². The summed E-state index contributed by atoms with van der Waals surface area (Å²) in [5, 5.41) is 2.64. The van der Waals surface area contributed by atoms with Crippen LogP contribution in [0.25, 0.3) is 6.08 Å². The largest absolute Gasteiger partial charge is 0.488 e. The first kappa shape index (κ1) is 17.5. The van der Waals surface area contributed by atoms with E-state index in [1.165, 1.54) is 0 Å². The number of ether oxygens (including phenoxy) is 2. The summed E-state index contributed by atoms with van der Waals surface area (Å²) in [5.74, 6) is -0.519. The molecule has 0 saturated carbocycles. The molecular weight excluding hydrogens is 346 g/mol. The maximum absolute atomic E-state index is 12.1. The Morgan fingerprint density at radius 1 is 1.32 bits per heavy atom. The van der Waals surface area contributed by atoms with Gasteiger partial charge in [-0.1, -0.05) is 18.2 Å². The van der Waals surface area contributed by atoms with Crippen LogP contribution in [-0.2, 0) is 24.2 Å². The van der Waals surface area contributed by atoms with E-state index in [1.807, 2.05) is 18.2 Å². The topological polar surface area (TPSA) is 98.8 Å². The molecule has 134 valence electrons. The van der Waals surface area contributed by atoms with Crippen molar-refractivity contribution < 1.29 is 27.5 Å². The molecule has 0 aromatic heterocycles. The summed E-state index contributed by atoms with van der Waals surface area (Å²) < 4.78 is 33.6. The second-order valence-corrected chi connectivity index (χ2v) is 8.71. The average molecular weight is 365 g/mol. The molecule has 2 heterocycles. The number of esters is 1. The standard InChI is InChI=1S/C17H19NO6S/c1-17(6-7-25(21,22)11-17)18-15(19)10-24-16(20)13-8-12-4-2-3-5-14(12)23-9-13/h2-5,8H,6-7,9-11H2,1H3,(H,18,19)/t17-/m1/s1. The molecule has 0 unspecified atom stereocenters. The molecule has 1 aromatic rings. The molecule has 8 heteroatoms. The highest BCUT2D eigenvalue weighted by Crippen LogP contribution is 2.26. The predicted molar refractivity (Wildman–Crippen MR) is 90.7 cm³/mol. The van der Waals surface area contributed by atoms with Crippen LogP contribution in [0.15, 0.2) is 29.8 Å². The number of amides is 1. The lowest BCUT2D eigenvalue weighted by molar-refractivity contribution is -0.145. The minimum atomic E-state index is -3.12. The van der Waals surface area contributed by atoms with Crippen LogP contribution in [0, 0.1) is 0 Å². The van der Waals surface area contributed by atoms with Gasteiger partial charge in [-0.3, -0.25) is 4.79 Å². The van der Waals surface area contributed by atoms with Crippen LogP contribution in [0.2, 0.25) is 0 Å². The quantitative estimate of drug-likeness (QED) is 0.789. The molecule has 0 spiro atoms. The number of sulfone groups is 1. The number of carbonyl (C=O) groups excluding carboxylic acids is 2. The van der Waals surface area contributed by atoms with E-state index in [4.69, 9.17) is 9.47 Å². The minimum Gasteiger partial charge on any atom is -0.488 e. The molecule has 1 fully saturated rings. The Labute approximate surface area is 145 Å². The average Bonchev–Trinajstić information content (AvgIpc) is 2.85. The molecule has 7 nitrogen and oxygen atoms in total. The number of benzene rings is 1. The van der Waals surface area contributed by atoms with Gasteiger partial charge in [0, 0.05) is 5.56 Å². The molecule has 1 aromatic carbocycles. The molecule has 0 radical (unpaired) electrons. The zero-order valence-corrected chi connectivity index (χ0v) is 14.6. The smallest absolute Gasteiger partial charge is 0.338 e. The van der Waals surface area contributed by atoms with Gasteiger partial charge in [-0.15, -0.1) is 0 Å². The summed E-state index contributed by atoms with van der Waals surface area (Å²) in [4.78, 5) is 24.1. The van der Waals surface area contributed by atoms with Gasteiger partial charge in [-0.2, -0.15) is 0 Å². The van der Waals surface area contributed by atoms with Crippen molar-refractivity contribution in [3.63, 3.8) is 0 Å². The predicted octanol–water partition coefficient (Wildman–Crippen LogP) is 0.699. The van der Waals surface area contributed by atoms with Crippen molar-refractivity contribution in [1.29, 1.82) is 0 Å². The molecule has 1 saturated heterocycles. The number of carbonyl (C=O) groups is 2. The Morgan fingerprint density at radius 2 is 2.08 bits per heavy atom. The lowest BCUT2D eigenvalue weighted by atomic mass is 10.0. The fourth-order valence-corrected chi connectivity index (χ4v) is 5.03. The number of fused-ring (bicyclic) bond motifs is 1. The Hall–Kier alpha value is -2.35. The monoisotopic (exact) mass is 365 g/mol. The van der Waals surface area contributed by atoms with Crippen LogP contribution in [0.1, 0.15) is 18.9 Å². The summed E-state index contributed by atoms with van der Waals surface area (Å²) >= 11 is 0. The third kappa shape index (κ3) is 4.19. The van der Waals surface area contributed by atoms with E-state index in [0.717, 1.165) is 5.56 Å². The highest BCUT2D eigenvalue weighted by Gasteiger charge is 2.39. The number of hydrogen-bond donors (Lipinski definition) is 1. The summed E-state index contributed by atoms with van der Waals surface area (Å²) in [6.07, 6.45) is 2.02. The second-order valence-electron chi connectivity index (χ2n) is 6.52. The van der Waals surface area contributed by atoms with Gasteiger partial charge in [-0.05, 0) is 25.5 Å². The number of hydrogen-bond acceptors (Lipinski definition) is 6. The van der Waals surface area contributed by atoms with Gasteiger partial charge < -0.3 is 14.8 Å². The molecule has 2 aliphatic rings. The normalized spacial score (nSPS) is 23.8. The van der Waals surface area contributed by atoms with Gasteiger partial charge in [0.15, 0.2) is 16.4 Å². The Balaban J connectivity index is 1.55.